The Morgan fingerprint density at radius 1 is 1.16 bits per heavy atom. The summed E-state index contributed by atoms with van der Waals surface area (Å²) >= 11 is 1.63. The van der Waals surface area contributed by atoms with E-state index in [1.807, 2.05) is 62.7 Å². The normalized spacial score (nSPS) is 18.0. The van der Waals surface area contributed by atoms with E-state index in [0.29, 0.717) is 31.5 Å². The maximum Gasteiger partial charge on any atom is 0.254 e. The molecular weight excluding hydrogens is 418 g/mol. The molecule has 1 fully saturated rings. The quantitative estimate of drug-likeness (QED) is 0.570. The van der Waals surface area contributed by atoms with Crippen LogP contribution in [0, 0.1) is 13.8 Å². The van der Waals surface area contributed by atoms with Crippen molar-refractivity contribution in [3.05, 3.63) is 76.4 Å². The molecule has 2 amide bonds. The first-order chi connectivity index (χ1) is 15.4. The van der Waals surface area contributed by atoms with Crippen molar-refractivity contribution in [3.63, 3.8) is 0 Å². The Kier molecular flexibility index (Phi) is 6.42. The summed E-state index contributed by atoms with van der Waals surface area (Å²) in [5.41, 5.74) is 5.95. The van der Waals surface area contributed by atoms with Crippen molar-refractivity contribution in [1.29, 1.82) is 0 Å². The lowest BCUT2D eigenvalue weighted by Crippen LogP contribution is -2.56. The van der Waals surface area contributed by atoms with E-state index in [4.69, 9.17) is 0 Å². The van der Waals surface area contributed by atoms with E-state index < -0.39 is 5.54 Å². The standard InChI is InChI=1S/C26H29N3O2S/c1-4-26(13-6-14-29(26)24(30)22-8-5-7-18(2)15-22)25(31)27-16-20-9-11-21(12-10-20)23-19(3)28-17-32-23/h5,7-12,15,17H,4,6,13-14,16H2,1-3H3,(H,27,31). The molecule has 2 heterocycles. The van der Waals surface area contributed by atoms with Gasteiger partial charge in [0.05, 0.1) is 16.1 Å². The van der Waals surface area contributed by atoms with Gasteiger partial charge in [-0.3, -0.25) is 9.59 Å². The summed E-state index contributed by atoms with van der Waals surface area (Å²) in [6, 6.07) is 15.8. The molecule has 1 aromatic heterocycles. The van der Waals surface area contributed by atoms with E-state index in [0.717, 1.165) is 28.8 Å². The molecule has 1 aliphatic heterocycles. The second-order valence-electron chi connectivity index (χ2n) is 8.46. The van der Waals surface area contributed by atoms with Crippen LogP contribution in [0.2, 0.25) is 0 Å². The van der Waals surface area contributed by atoms with E-state index in [-0.39, 0.29) is 11.8 Å². The second-order valence-corrected chi connectivity index (χ2v) is 9.32. The fraction of sp³-hybridized carbons (Fsp3) is 0.346. The molecule has 1 unspecified atom stereocenters. The molecule has 3 aromatic rings. The van der Waals surface area contributed by atoms with Crippen LogP contribution in [0.4, 0.5) is 0 Å². The number of nitrogens with one attached hydrogen (secondary N) is 1. The average Bonchev–Trinajstić information content (AvgIpc) is 3.44. The summed E-state index contributed by atoms with van der Waals surface area (Å²) in [5, 5.41) is 3.10. The Balaban J connectivity index is 1.47. The van der Waals surface area contributed by atoms with Crippen molar-refractivity contribution in [1.82, 2.24) is 15.2 Å². The minimum atomic E-state index is -0.791. The van der Waals surface area contributed by atoms with Gasteiger partial charge in [-0.1, -0.05) is 48.9 Å². The molecule has 166 valence electrons. The van der Waals surface area contributed by atoms with Crippen LogP contribution in [-0.4, -0.2) is 33.8 Å². The van der Waals surface area contributed by atoms with E-state index in [1.54, 1.807) is 16.2 Å². The van der Waals surface area contributed by atoms with Crippen LogP contribution in [0.5, 0.6) is 0 Å². The van der Waals surface area contributed by atoms with Crippen LogP contribution in [0.1, 0.15) is 53.4 Å². The molecule has 2 aromatic carbocycles. The van der Waals surface area contributed by atoms with Crippen molar-refractivity contribution in [2.24, 2.45) is 0 Å². The van der Waals surface area contributed by atoms with Gasteiger partial charge in [-0.2, -0.15) is 0 Å². The Bertz CT molecular complexity index is 1120. The number of rotatable bonds is 6. The van der Waals surface area contributed by atoms with Crippen LogP contribution in [0.15, 0.2) is 54.0 Å². The molecule has 0 aliphatic carbocycles. The van der Waals surface area contributed by atoms with Gasteiger partial charge in [0.25, 0.3) is 5.91 Å². The highest BCUT2D eigenvalue weighted by atomic mass is 32.1. The van der Waals surface area contributed by atoms with Crippen molar-refractivity contribution in [3.8, 4) is 10.4 Å². The first-order valence-electron chi connectivity index (χ1n) is 11.1. The van der Waals surface area contributed by atoms with E-state index in [9.17, 15) is 9.59 Å². The number of carbonyl (C=O) groups is 2. The topological polar surface area (TPSA) is 62.3 Å². The number of likely N-dealkylation sites (tertiary alicyclic amines) is 1. The molecule has 32 heavy (non-hydrogen) atoms. The van der Waals surface area contributed by atoms with Gasteiger partial charge < -0.3 is 10.2 Å². The third-order valence-corrected chi connectivity index (χ3v) is 7.40. The minimum absolute atomic E-state index is 0.0625. The predicted octanol–water partition coefficient (Wildman–Crippen LogP) is 5.13. The van der Waals surface area contributed by atoms with Crippen LogP contribution in [0.3, 0.4) is 0 Å². The lowest BCUT2D eigenvalue weighted by molar-refractivity contribution is -0.131. The summed E-state index contributed by atoms with van der Waals surface area (Å²) in [6.45, 7) is 7.03. The number of hydrogen-bond acceptors (Lipinski definition) is 4. The van der Waals surface area contributed by atoms with Crippen LogP contribution in [0.25, 0.3) is 10.4 Å². The number of amides is 2. The average molecular weight is 448 g/mol. The lowest BCUT2D eigenvalue weighted by atomic mass is 9.90. The largest absolute Gasteiger partial charge is 0.350 e. The number of nitrogens with zero attached hydrogens (tertiary/aromatic N) is 2. The molecule has 1 N–H and O–H groups in total. The maximum absolute atomic E-state index is 13.4. The van der Waals surface area contributed by atoms with Crippen LogP contribution >= 0.6 is 11.3 Å². The molecule has 0 radical (unpaired) electrons. The minimum Gasteiger partial charge on any atom is -0.350 e. The molecule has 0 saturated carbocycles. The number of thiazole rings is 1. The summed E-state index contributed by atoms with van der Waals surface area (Å²) in [5.74, 6) is -0.131. The fourth-order valence-electron chi connectivity index (χ4n) is 4.57. The van der Waals surface area contributed by atoms with Crippen LogP contribution in [-0.2, 0) is 11.3 Å². The van der Waals surface area contributed by atoms with Crippen LogP contribution < -0.4 is 5.32 Å². The highest BCUT2D eigenvalue weighted by Gasteiger charge is 2.48. The molecule has 4 rings (SSSR count). The zero-order valence-corrected chi connectivity index (χ0v) is 19.7. The Labute approximate surface area is 193 Å². The van der Waals surface area contributed by atoms with E-state index >= 15 is 0 Å². The molecule has 1 aliphatic rings. The van der Waals surface area contributed by atoms with E-state index in [2.05, 4.69) is 22.4 Å². The monoisotopic (exact) mass is 447 g/mol. The van der Waals surface area contributed by atoms with Gasteiger partial charge in [0.2, 0.25) is 5.91 Å². The number of benzene rings is 2. The Hall–Kier alpha value is -2.99. The van der Waals surface area contributed by atoms with Crippen molar-refractivity contribution in [2.75, 3.05) is 6.54 Å². The van der Waals surface area contributed by atoms with Gasteiger partial charge in [0, 0.05) is 18.7 Å². The maximum atomic E-state index is 13.4. The summed E-state index contributed by atoms with van der Waals surface area (Å²) in [4.78, 5) is 33.9. The highest BCUT2D eigenvalue weighted by molar-refractivity contribution is 7.13. The molecule has 1 atom stereocenters. The smallest absolute Gasteiger partial charge is 0.254 e. The molecule has 1 saturated heterocycles. The van der Waals surface area contributed by atoms with Crippen molar-refractivity contribution < 1.29 is 9.59 Å². The third-order valence-electron chi connectivity index (χ3n) is 6.42. The van der Waals surface area contributed by atoms with Gasteiger partial charge in [-0.25, -0.2) is 4.98 Å². The first-order valence-corrected chi connectivity index (χ1v) is 12.0. The van der Waals surface area contributed by atoms with E-state index in [1.165, 1.54) is 4.88 Å². The summed E-state index contributed by atoms with van der Waals surface area (Å²) in [7, 11) is 0. The summed E-state index contributed by atoms with van der Waals surface area (Å²) < 4.78 is 0. The number of aryl methyl sites for hydroxylation is 2. The number of carbonyl (C=O) groups excluding carboxylic acids is 2. The second kappa shape index (κ2) is 9.25. The van der Waals surface area contributed by atoms with Gasteiger partial charge in [0.1, 0.15) is 5.54 Å². The number of aromatic nitrogens is 1. The van der Waals surface area contributed by atoms with Gasteiger partial charge in [-0.15, -0.1) is 11.3 Å². The lowest BCUT2D eigenvalue weighted by Gasteiger charge is -2.36. The number of hydrogen-bond donors (Lipinski definition) is 1. The molecule has 5 nitrogen and oxygen atoms in total. The third kappa shape index (κ3) is 4.19. The first kappa shape index (κ1) is 22.2. The zero-order valence-electron chi connectivity index (χ0n) is 18.9. The fourth-order valence-corrected chi connectivity index (χ4v) is 5.38. The molecule has 0 bridgehead atoms. The van der Waals surface area contributed by atoms with Gasteiger partial charge >= 0.3 is 0 Å². The predicted molar refractivity (Wildman–Crippen MR) is 129 cm³/mol. The Morgan fingerprint density at radius 2 is 1.94 bits per heavy atom. The van der Waals surface area contributed by atoms with Crippen molar-refractivity contribution >= 4 is 23.2 Å². The molecule has 6 heteroatoms. The Morgan fingerprint density at radius 3 is 2.59 bits per heavy atom. The zero-order chi connectivity index (χ0) is 22.7. The highest BCUT2D eigenvalue weighted by Crippen LogP contribution is 2.34. The van der Waals surface area contributed by atoms with Crippen molar-refractivity contribution in [2.45, 2.75) is 52.1 Å². The van der Waals surface area contributed by atoms with Gasteiger partial charge in [-0.05, 0) is 56.4 Å². The van der Waals surface area contributed by atoms with Gasteiger partial charge in [0.15, 0.2) is 0 Å². The molecule has 0 spiro atoms. The SMILES string of the molecule is CCC1(C(=O)NCc2ccc(-c3scnc3C)cc2)CCCN1C(=O)c1cccc(C)c1. The molecular formula is C26H29N3O2S. The summed E-state index contributed by atoms with van der Waals surface area (Å²) in [6.07, 6.45) is 2.12.